The summed E-state index contributed by atoms with van der Waals surface area (Å²) in [5, 5.41) is 2.56. The number of hydrogen-bond donors (Lipinski definition) is 0. The molecule has 8 aromatic rings. The van der Waals surface area contributed by atoms with Gasteiger partial charge in [-0.05, 0) is 97.4 Å². The van der Waals surface area contributed by atoms with E-state index in [1.807, 2.05) is 0 Å². The van der Waals surface area contributed by atoms with Crippen LogP contribution in [-0.4, -0.2) is 0 Å². The van der Waals surface area contributed by atoms with Crippen LogP contribution in [0.5, 0.6) is 0 Å². The molecule has 9 rings (SSSR count). The van der Waals surface area contributed by atoms with E-state index in [9.17, 15) is 0 Å². The van der Waals surface area contributed by atoms with Gasteiger partial charge in [-0.15, -0.1) is 0 Å². The Morgan fingerprint density at radius 1 is 0.380 bits per heavy atom. The summed E-state index contributed by atoms with van der Waals surface area (Å²) < 4.78 is 0. The molecular formula is C49H37N. The summed E-state index contributed by atoms with van der Waals surface area (Å²) in [6.45, 7) is 4.79. The molecule has 0 atom stereocenters. The second-order valence-electron chi connectivity index (χ2n) is 13.7. The molecule has 0 aromatic heterocycles. The van der Waals surface area contributed by atoms with Gasteiger partial charge < -0.3 is 4.90 Å². The van der Waals surface area contributed by atoms with Gasteiger partial charge >= 0.3 is 0 Å². The molecule has 1 aliphatic carbocycles. The smallest absolute Gasteiger partial charge is 0.0543 e. The normalized spacial score (nSPS) is 12.8. The largest absolute Gasteiger partial charge is 0.310 e. The van der Waals surface area contributed by atoms with Crippen molar-refractivity contribution in [2.45, 2.75) is 19.3 Å². The summed E-state index contributed by atoms with van der Waals surface area (Å²) >= 11 is 0. The molecule has 0 saturated heterocycles. The number of nitrogens with zero attached hydrogens (tertiary/aromatic N) is 1. The summed E-state index contributed by atoms with van der Waals surface area (Å²) in [6, 6.07) is 68.5. The highest BCUT2D eigenvalue weighted by Gasteiger charge is 2.38. The second kappa shape index (κ2) is 12.1. The standard InChI is InChI=1S/C49H37N/c1-49(2)45-23-13-12-21-41(45)44-33-43(38-19-10-5-11-20-38)42-22-14-24-46(47(42)48(44)49)50(39-29-25-36(26-30-39)34-15-6-3-7-16-34)40-31-27-37(28-32-40)35-17-8-4-9-18-35/h3-33H,1-2H3. The Kier molecular flexibility index (Phi) is 7.21. The molecule has 0 unspecified atom stereocenters. The van der Waals surface area contributed by atoms with Crippen molar-refractivity contribution in [1.29, 1.82) is 0 Å². The minimum atomic E-state index is -0.185. The molecule has 1 aliphatic rings. The molecule has 8 aromatic carbocycles. The van der Waals surface area contributed by atoms with Crippen LogP contribution in [0.25, 0.3) is 55.3 Å². The third kappa shape index (κ3) is 4.94. The maximum absolute atomic E-state index is 2.46. The van der Waals surface area contributed by atoms with Crippen LogP contribution in [0.1, 0.15) is 25.0 Å². The first-order valence-electron chi connectivity index (χ1n) is 17.4. The van der Waals surface area contributed by atoms with Gasteiger partial charge in [0.2, 0.25) is 0 Å². The Balaban J connectivity index is 1.32. The van der Waals surface area contributed by atoms with E-state index in [4.69, 9.17) is 0 Å². The van der Waals surface area contributed by atoms with Crippen LogP contribution in [0.2, 0.25) is 0 Å². The molecule has 0 aliphatic heterocycles. The lowest BCUT2D eigenvalue weighted by atomic mass is 9.78. The molecular weight excluding hydrogens is 603 g/mol. The second-order valence-corrected chi connectivity index (χ2v) is 13.7. The molecule has 0 N–H and O–H groups in total. The minimum absolute atomic E-state index is 0.185. The average Bonchev–Trinajstić information content (AvgIpc) is 3.42. The van der Waals surface area contributed by atoms with Crippen LogP contribution >= 0.6 is 0 Å². The van der Waals surface area contributed by atoms with Crippen LogP contribution in [0, 0.1) is 0 Å². The SMILES string of the molecule is CC1(C)c2ccccc2-c2cc(-c3ccccc3)c3cccc(N(c4ccc(-c5ccccc5)cc4)c4ccc(-c5ccccc5)cc4)c3c21. The average molecular weight is 640 g/mol. The van der Waals surface area contributed by atoms with Crippen LogP contribution in [0.15, 0.2) is 188 Å². The van der Waals surface area contributed by atoms with Gasteiger partial charge in [-0.2, -0.15) is 0 Å². The summed E-state index contributed by atoms with van der Waals surface area (Å²) in [6.07, 6.45) is 0. The highest BCUT2D eigenvalue weighted by Crippen LogP contribution is 2.56. The molecule has 0 amide bonds. The van der Waals surface area contributed by atoms with E-state index >= 15 is 0 Å². The fourth-order valence-corrected chi connectivity index (χ4v) is 8.05. The number of hydrogen-bond acceptors (Lipinski definition) is 1. The van der Waals surface area contributed by atoms with Crippen molar-refractivity contribution in [2.75, 3.05) is 4.90 Å². The number of benzene rings is 8. The first-order valence-corrected chi connectivity index (χ1v) is 17.4. The van der Waals surface area contributed by atoms with Crippen LogP contribution in [-0.2, 0) is 5.41 Å². The predicted molar refractivity (Wildman–Crippen MR) is 213 cm³/mol. The van der Waals surface area contributed by atoms with Gasteiger partial charge in [-0.3, -0.25) is 0 Å². The fraction of sp³-hybridized carbons (Fsp3) is 0.0612. The van der Waals surface area contributed by atoms with Crippen LogP contribution in [0.3, 0.4) is 0 Å². The minimum Gasteiger partial charge on any atom is -0.310 e. The highest BCUT2D eigenvalue weighted by atomic mass is 15.1. The van der Waals surface area contributed by atoms with Gasteiger partial charge in [0, 0.05) is 22.2 Å². The Labute approximate surface area is 294 Å². The monoisotopic (exact) mass is 639 g/mol. The van der Waals surface area contributed by atoms with E-state index in [0.717, 1.165) is 11.4 Å². The maximum Gasteiger partial charge on any atom is 0.0543 e. The summed E-state index contributed by atoms with van der Waals surface area (Å²) in [7, 11) is 0. The Morgan fingerprint density at radius 3 is 1.42 bits per heavy atom. The number of rotatable bonds is 6. The van der Waals surface area contributed by atoms with E-state index < -0.39 is 0 Å². The lowest BCUT2D eigenvalue weighted by Gasteiger charge is -2.31. The van der Waals surface area contributed by atoms with Crippen LogP contribution in [0.4, 0.5) is 17.1 Å². The van der Waals surface area contributed by atoms with E-state index in [1.54, 1.807) is 0 Å². The first-order chi connectivity index (χ1) is 24.6. The molecule has 1 nitrogen and oxygen atoms in total. The fourth-order valence-electron chi connectivity index (χ4n) is 8.05. The van der Waals surface area contributed by atoms with Gasteiger partial charge in [0.1, 0.15) is 0 Å². The molecule has 0 bridgehead atoms. The molecule has 1 heteroatoms. The Bertz CT molecular complexity index is 2380. The molecule has 0 fully saturated rings. The van der Waals surface area contributed by atoms with Gasteiger partial charge in [0.25, 0.3) is 0 Å². The zero-order valence-electron chi connectivity index (χ0n) is 28.3. The highest BCUT2D eigenvalue weighted by molar-refractivity contribution is 6.12. The third-order valence-corrected chi connectivity index (χ3v) is 10.4. The molecule has 0 spiro atoms. The number of fused-ring (bicyclic) bond motifs is 5. The zero-order chi connectivity index (χ0) is 33.7. The van der Waals surface area contributed by atoms with Gasteiger partial charge in [-0.25, -0.2) is 0 Å². The van der Waals surface area contributed by atoms with Crippen molar-refractivity contribution >= 4 is 27.8 Å². The molecule has 0 heterocycles. The quantitative estimate of drug-likeness (QED) is 0.175. The molecule has 50 heavy (non-hydrogen) atoms. The summed E-state index contributed by atoms with van der Waals surface area (Å²) in [4.78, 5) is 2.46. The Hall–Kier alpha value is -6.18. The Morgan fingerprint density at radius 2 is 0.860 bits per heavy atom. The van der Waals surface area contributed by atoms with E-state index in [-0.39, 0.29) is 5.41 Å². The van der Waals surface area contributed by atoms with E-state index in [2.05, 4.69) is 207 Å². The summed E-state index contributed by atoms with van der Waals surface area (Å²) in [5.41, 5.74) is 16.0. The molecule has 0 radical (unpaired) electrons. The number of anilines is 3. The van der Waals surface area contributed by atoms with Crippen molar-refractivity contribution in [3.05, 3.63) is 199 Å². The van der Waals surface area contributed by atoms with Gasteiger partial charge in [0.15, 0.2) is 0 Å². The topological polar surface area (TPSA) is 3.24 Å². The van der Waals surface area contributed by atoms with Crippen LogP contribution < -0.4 is 4.90 Å². The molecule has 0 saturated carbocycles. The first kappa shape index (κ1) is 29.9. The van der Waals surface area contributed by atoms with Crippen molar-refractivity contribution in [1.82, 2.24) is 0 Å². The van der Waals surface area contributed by atoms with Gasteiger partial charge in [-0.1, -0.05) is 166 Å². The van der Waals surface area contributed by atoms with E-state index in [0.29, 0.717) is 0 Å². The predicted octanol–water partition coefficient (Wildman–Crippen LogP) is 13.6. The van der Waals surface area contributed by atoms with Crippen molar-refractivity contribution in [2.24, 2.45) is 0 Å². The zero-order valence-corrected chi connectivity index (χ0v) is 28.3. The molecule has 238 valence electrons. The summed E-state index contributed by atoms with van der Waals surface area (Å²) in [5.74, 6) is 0. The van der Waals surface area contributed by atoms with Crippen molar-refractivity contribution in [3.8, 4) is 44.5 Å². The third-order valence-electron chi connectivity index (χ3n) is 10.4. The van der Waals surface area contributed by atoms with Crippen molar-refractivity contribution < 1.29 is 0 Å². The van der Waals surface area contributed by atoms with Gasteiger partial charge in [0.05, 0.1) is 5.69 Å². The lowest BCUT2D eigenvalue weighted by Crippen LogP contribution is -2.17. The van der Waals surface area contributed by atoms with E-state index in [1.165, 1.54) is 72.1 Å². The van der Waals surface area contributed by atoms with Crippen molar-refractivity contribution in [3.63, 3.8) is 0 Å². The lowest BCUT2D eigenvalue weighted by molar-refractivity contribution is 0.666. The maximum atomic E-state index is 2.46.